The van der Waals surface area contributed by atoms with Crippen LogP contribution < -0.4 is 4.90 Å². The highest BCUT2D eigenvalue weighted by molar-refractivity contribution is 9.10. The highest BCUT2D eigenvalue weighted by Gasteiger charge is 2.45. The molecule has 0 aliphatic carbocycles. The van der Waals surface area contributed by atoms with Crippen molar-refractivity contribution in [3.63, 3.8) is 0 Å². The van der Waals surface area contributed by atoms with E-state index in [-0.39, 0.29) is 5.57 Å². The Morgan fingerprint density at radius 2 is 1.68 bits per heavy atom. The van der Waals surface area contributed by atoms with Gasteiger partial charge in [0.2, 0.25) is 5.13 Å². The van der Waals surface area contributed by atoms with Crippen molar-refractivity contribution in [2.24, 2.45) is 0 Å². The molecule has 0 radical (unpaired) electrons. The molecule has 9 heteroatoms. The van der Waals surface area contributed by atoms with Crippen LogP contribution in [0.5, 0.6) is 0 Å². The quantitative estimate of drug-likeness (QED) is 0.139. The van der Waals surface area contributed by atoms with E-state index >= 15 is 0 Å². The highest BCUT2D eigenvalue weighted by Crippen LogP contribution is 2.43. The van der Waals surface area contributed by atoms with Crippen LogP contribution in [0.1, 0.15) is 22.7 Å². The van der Waals surface area contributed by atoms with Crippen molar-refractivity contribution < 1.29 is 14.7 Å². The first-order valence-electron chi connectivity index (χ1n) is 11.3. The van der Waals surface area contributed by atoms with Crippen LogP contribution in [-0.4, -0.2) is 27.0 Å². The molecule has 1 aliphatic rings. The smallest absolute Gasteiger partial charge is 0.296 e. The predicted octanol–water partition coefficient (Wildman–Crippen LogP) is 6.78. The van der Waals surface area contributed by atoms with E-state index in [9.17, 15) is 14.7 Å². The van der Waals surface area contributed by atoms with E-state index in [1.807, 2.05) is 84.9 Å². The molecule has 0 bridgehead atoms. The number of aliphatic hydroxyl groups is 1. The number of anilines is 1. The largest absolute Gasteiger partial charge is 0.503 e. The molecular formula is C28H20BrN3O3S2. The summed E-state index contributed by atoms with van der Waals surface area (Å²) in [6.07, 6.45) is 3.04. The zero-order chi connectivity index (χ0) is 25.8. The van der Waals surface area contributed by atoms with Gasteiger partial charge in [-0.1, -0.05) is 118 Å². The van der Waals surface area contributed by atoms with Gasteiger partial charge in [0.1, 0.15) is 0 Å². The zero-order valence-electron chi connectivity index (χ0n) is 19.3. The molecule has 6 nitrogen and oxygen atoms in total. The van der Waals surface area contributed by atoms with E-state index in [4.69, 9.17) is 0 Å². The summed E-state index contributed by atoms with van der Waals surface area (Å²) in [4.78, 5) is 28.0. The molecule has 1 aromatic heterocycles. The molecule has 1 aliphatic heterocycles. The Bertz CT molecular complexity index is 1490. The molecule has 0 spiro atoms. The SMILES string of the molecule is O=C(C=Cc1ccccc1)C1=C(O)C(=O)N(c2nnc(SCc3ccccc3)s2)C1c1ccc(Br)cc1. The zero-order valence-corrected chi connectivity index (χ0v) is 22.5. The molecule has 1 unspecified atom stereocenters. The molecule has 37 heavy (non-hydrogen) atoms. The fourth-order valence-electron chi connectivity index (χ4n) is 3.92. The van der Waals surface area contributed by atoms with Crippen LogP contribution in [0.25, 0.3) is 6.08 Å². The summed E-state index contributed by atoms with van der Waals surface area (Å²) in [7, 11) is 0. The van der Waals surface area contributed by atoms with Gasteiger partial charge in [0, 0.05) is 10.2 Å². The first-order chi connectivity index (χ1) is 18.0. The normalized spacial score (nSPS) is 15.6. The van der Waals surface area contributed by atoms with E-state index in [0.717, 1.165) is 15.6 Å². The maximum absolute atomic E-state index is 13.3. The number of carbonyl (C=O) groups excluding carboxylic acids is 2. The number of rotatable bonds is 8. The fraction of sp³-hybridized carbons (Fsp3) is 0.0714. The summed E-state index contributed by atoms with van der Waals surface area (Å²) in [6, 6.07) is 25.8. The Morgan fingerprint density at radius 3 is 2.38 bits per heavy atom. The van der Waals surface area contributed by atoms with E-state index in [1.165, 1.54) is 34.1 Å². The lowest BCUT2D eigenvalue weighted by Gasteiger charge is -2.23. The lowest BCUT2D eigenvalue weighted by atomic mass is 9.96. The third-order valence-corrected chi connectivity index (χ3v) is 8.35. The molecular weight excluding hydrogens is 570 g/mol. The molecule has 0 saturated carbocycles. The average Bonchev–Trinajstić information content (AvgIpc) is 3.50. The molecule has 2 heterocycles. The van der Waals surface area contributed by atoms with Crippen molar-refractivity contribution in [1.82, 2.24) is 10.2 Å². The minimum absolute atomic E-state index is 0.00759. The van der Waals surface area contributed by atoms with Gasteiger partial charge in [-0.25, -0.2) is 0 Å². The number of hydrogen-bond donors (Lipinski definition) is 1. The number of benzene rings is 3. The van der Waals surface area contributed by atoms with Gasteiger partial charge in [0.05, 0.1) is 11.6 Å². The number of ketones is 1. The molecule has 1 amide bonds. The summed E-state index contributed by atoms with van der Waals surface area (Å²) in [5.74, 6) is -1.00. The number of carbonyl (C=O) groups is 2. The van der Waals surface area contributed by atoms with E-state index in [2.05, 4.69) is 26.1 Å². The predicted molar refractivity (Wildman–Crippen MR) is 150 cm³/mol. The topological polar surface area (TPSA) is 83.4 Å². The molecule has 3 aromatic carbocycles. The van der Waals surface area contributed by atoms with Gasteiger partial charge in [0.25, 0.3) is 5.91 Å². The van der Waals surface area contributed by atoms with Gasteiger partial charge in [-0.2, -0.15) is 0 Å². The minimum Gasteiger partial charge on any atom is -0.503 e. The molecule has 0 saturated heterocycles. The van der Waals surface area contributed by atoms with E-state index in [0.29, 0.717) is 20.8 Å². The van der Waals surface area contributed by atoms with Crippen molar-refractivity contribution in [3.05, 3.63) is 124 Å². The van der Waals surface area contributed by atoms with Gasteiger partial charge >= 0.3 is 0 Å². The van der Waals surface area contributed by atoms with Crippen LogP contribution in [0.3, 0.4) is 0 Å². The van der Waals surface area contributed by atoms with Gasteiger partial charge in [-0.3, -0.25) is 14.5 Å². The molecule has 4 aromatic rings. The number of aromatic nitrogens is 2. The fourth-order valence-corrected chi connectivity index (χ4v) is 6.01. The Labute approximate surface area is 230 Å². The van der Waals surface area contributed by atoms with Gasteiger partial charge in [0.15, 0.2) is 15.9 Å². The third-order valence-electron chi connectivity index (χ3n) is 5.69. The molecule has 5 rings (SSSR count). The third kappa shape index (κ3) is 5.58. The van der Waals surface area contributed by atoms with E-state index in [1.54, 1.807) is 6.08 Å². The molecule has 0 fully saturated rings. The van der Waals surface area contributed by atoms with Crippen LogP contribution in [0.4, 0.5) is 5.13 Å². The number of thioether (sulfide) groups is 1. The van der Waals surface area contributed by atoms with Gasteiger partial charge < -0.3 is 5.11 Å². The van der Waals surface area contributed by atoms with Crippen molar-refractivity contribution in [2.45, 2.75) is 16.1 Å². The Kier molecular flexibility index (Phi) is 7.64. The first kappa shape index (κ1) is 25.1. The Morgan fingerprint density at radius 1 is 1.00 bits per heavy atom. The Balaban J connectivity index is 1.46. The van der Waals surface area contributed by atoms with Crippen LogP contribution in [-0.2, 0) is 15.3 Å². The molecule has 184 valence electrons. The van der Waals surface area contributed by atoms with Gasteiger partial charge in [-0.15, -0.1) is 10.2 Å². The number of halogens is 1. The summed E-state index contributed by atoms with van der Waals surface area (Å²) in [5, 5.41) is 19.7. The van der Waals surface area contributed by atoms with E-state index < -0.39 is 23.5 Å². The average molecular weight is 591 g/mol. The van der Waals surface area contributed by atoms with Crippen LogP contribution >= 0.6 is 39.0 Å². The number of allylic oxidation sites excluding steroid dienone is 1. The first-order valence-corrected chi connectivity index (χ1v) is 13.9. The lowest BCUT2D eigenvalue weighted by Crippen LogP contribution is -2.30. The maximum Gasteiger partial charge on any atom is 0.296 e. The van der Waals surface area contributed by atoms with Gasteiger partial charge in [-0.05, 0) is 34.9 Å². The summed E-state index contributed by atoms with van der Waals surface area (Å²) in [6.45, 7) is 0. The van der Waals surface area contributed by atoms with Crippen LogP contribution in [0.2, 0.25) is 0 Å². The Hall–Kier alpha value is -3.53. The maximum atomic E-state index is 13.3. The second-order valence-corrected chi connectivity index (χ2v) is 11.2. The lowest BCUT2D eigenvalue weighted by molar-refractivity contribution is -0.117. The van der Waals surface area contributed by atoms with Crippen LogP contribution in [0.15, 0.2) is 111 Å². The van der Waals surface area contributed by atoms with Crippen molar-refractivity contribution >= 4 is 61.9 Å². The minimum atomic E-state index is -0.839. The second kappa shape index (κ2) is 11.2. The van der Waals surface area contributed by atoms with Crippen LogP contribution in [0, 0.1) is 0 Å². The van der Waals surface area contributed by atoms with Crippen molar-refractivity contribution in [2.75, 3.05) is 4.90 Å². The van der Waals surface area contributed by atoms with Crippen molar-refractivity contribution in [1.29, 1.82) is 0 Å². The number of aliphatic hydroxyl groups excluding tert-OH is 1. The summed E-state index contributed by atoms with van der Waals surface area (Å²) in [5.41, 5.74) is 2.66. The highest BCUT2D eigenvalue weighted by atomic mass is 79.9. The number of hydrogen-bond acceptors (Lipinski definition) is 7. The summed E-state index contributed by atoms with van der Waals surface area (Å²) >= 11 is 6.19. The standard InChI is InChI=1S/C28H20BrN3O3S2/c29-21-14-12-20(13-15-21)24-23(22(33)16-11-18-7-3-1-4-8-18)25(34)26(35)32(24)27-30-31-28(37-27)36-17-19-9-5-2-6-10-19/h1-16,24,34H,17H2. The number of nitrogens with zero attached hydrogens (tertiary/aromatic N) is 3. The monoisotopic (exact) mass is 589 g/mol. The number of amides is 1. The second-order valence-electron chi connectivity index (χ2n) is 8.12. The van der Waals surface area contributed by atoms with Crippen molar-refractivity contribution in [3.8, 4) is 0 Å². The summed E-state index contributed by atoms with van der Waals surface area (Å²) < 4.78 is 1.54. The molecule has 1 N–H and O–H groups in total. The molecule has 1 atom stereocenters.